The van der Waals surface area contributed by atoms with Crippen LogP contribution in [0.25, 0.3) is 0 Å². The lowest BCUT2D eigenvalue weighted by Crippen LogP contribution is -2.17. The summed E-state index contributed by atoms with van der Waals surface area (Å²) in [6.07, 6.45) is 0. The summed E-state index contributed by atoms with van der Waals surface area (Å²) in [4.78, 5) is 0. The molecule has 0 unspecified atom stereocenters. The standard InChI is InChI=1S/C8H16O5/c1-9-2-3-10-4-5-11-8-12-6-7-13-8/h8H,2-7H2,1H3. The molecule has 78 valence electrons. The van der Waals surface area contributed by atoms with Crippen LogP contribution in [0.1, 0.15) is 0 Å². The number of rotatable bonds is 7. The Hall–Kier alpha value is -0.200. The Morgan fingerprint density at radius 3 is 2.46 bits per heavy atom. The molecule has 0 spiro atoms. The number of hydrogen-bond acceptors (Lipinski definition) is 5. The van der Waals surface area contributed by atoms with E-state index in [0.717, 1.165) is 0 Å². The lowest BCUT2D eigenvalue weighted by molar-refractivity contribution is -0.234. The van der Waals surface area contributed by atoms with Crippen molar-refractivity contribution in [2.24, 2.45) is 0 Å². The highest BCUT2D eigenvalue weighted by atomic mass is 16.9. The molecule has 0 N–H and O–H groups in total. The van der Waals surface area contributed by atoms with Crippen LogP contribution in [-0.2, 0) is 23.7 Å². The van der Waals surface area contributed by atoms with Gasteiger partial charge in [0.05, 0.1) is 39.6 Å². The van der Waals surface area contributed by atoms with Crippen LogP contribution < -0.4 is 0 Å². The first-order valence-corrected chi connectivity index (χ1v) is 4.35. The van der Waals surface area contributed by atoms with Crippen molar-refractivity contribution < 1.29 is 23.7 Å². The molecule has 1 rings (SSSR count). The van der Waals surface area contributed by atoms with Gasteiger partial charge in [-0.05, 0) is 0 Å². The normalized spacial score (nSPS) is 18.2. The predicted octanol–water partition coefficient (Wildman–Crippen LogP) is -0.00360. The third-order valence-corrected chi connectivity index (χ3v) is 1.50. The van der Waals surface area contributed by atoms with Crippen LogP contribution in [0.3, 0.4) is 0 Å². The zero-order valence-corrected chi connectivity index (χ0v) is 7.86. The van der Waals surface area contributed by atoms with Crippen molar-refractivity contribution >= 4 is 0 Å². The average Bonchev–Trinajstić information content (AvgIpc) is 2.63. The summed E-state index contributed by atoms with van der Waals surface area (Å²) < 4.78 is 25.3. The van der Waals surface area contributed by atoms with Gasteiger partial charge in [-0.3, -0.25) is 0 Å². The molecule has 5 heteroatoms. The Kier molecular flexibility index (Phi) is 6.05. The number of hydrogen-bond donors (Lipinski definition) is 0. The third-order valence-electron chi connectivity index (χ3n) is 1.50. The van der Waals surface area contributed by atoms with Crippen molar-refractivity contribution in [3.05, 3.63) is 0 Å². The summed E-state index contributed by atoms with van der Waals surface area (Å²) in [5.41, 5.74) is 0. The van der Waals surface area contributed by atoms with Gasteiger partial charge in [0.15, 0.2) is 0 Å². The number of methoxy groups -OCH3 is 1. The Bertz CT molecular complexity index is 113. The topological polar surface area (TPSA) is 46.2 Å². The first-order valence-electron chi connectivity index (χ1n) is 4.35. The average molecular weight is 192 g/mol. The molecule has 1 aliphatic rings. The summed E-state index contributed by atoms with van der Waals surface area (Å²) in [6.45, 7) is 2.93. The highest BCUT2D eigenvalue weighted by Crippen LogP contribution is 2.03. The second kappa shape index (κ2) is 7.23. The Morgan fingerprint density at radius 2 is 1.77 bits per heavy atom. The molecule has 0 aliphatic carbocycles. The third kappa shape index (κ3) is 5.17. The predicted molar refractivity (Wildman–Crippen MR) is 44.3 cm³/mol. The summed E-state index contributed by atoms with van der Waals surface area (Å²) in [5, 5.41) is 0. The van der Waals surface area contributed by atoms with Crippen LogP contribution in [-0.4, -0.2) is 53.2 Å². The molecule has 1 heterocycles. The minimum Gasteiger partial charge on any atom is -0.382 e. The highest BCUT2D eigenvalue weighted by molar-refractivity contribution is 4.39. The molecule has 1 aliphatic heterocycles. The van der Waals surface area contributed by atoms with E-state index in [1.807, 2.05) is 0 Å². The van der Waals surface area contributed by atoms with Crippen molar-refractivity contribution in [3.8, 4) is 0 Å². The lowest BCUT2D eigenvalue weighted by Gasteiger charge is -2.09. The van der Waals surface area contributed by atoms with Gasteiger partial charge in [0.1, 0.15) is 0 Å². The van der Waals surface area contributed by atoms with Crippen LogP contribution in [0.5, 0.6) is 0 Å². The van der Waals surface area contributed by atoms with Crippen molar-refractivity contribution in [2.75, 3.05) is 46.8 Å². The fourth-order valence-corrected chi connectivity index (χ4v) is 0.881. The molecule has 13 heavy (non-hydrogen) atoms. The van der Waals surface area contributed by atoms with E-state index in [0.29, 0.717) is 39.6 Å². The fraction of sp³-hybridized carbons (Fsp3) is 1.00. The minimum atomic E-state index is -0.494. The monoisotopic (exact) mass is 192 g/mol. The second-order valence-corrected chi connectivity index (χ2v) is 2.51. The molecule has 0 aromatic heterocycles. The Morgan fingerprint density at radius 1 is 1.08 bits per heavy atom. The zero-order valence-electron chi connectivity index (χ0n) is 7.86. The highest BCUT2D eigenvalue weighted by Gasteiger charge is 2.15. The molecule has 0 aromatic rings. The molecule has 0 aromatic carbocycles. The van der Waals surface area contributed by atoms with Crippen molar-refractivity contribution in [1.29, 1.82) is 0 Å². The Labute approximate surface area is 77.9 Å². The SMILES string of the molecule is COCCOCCOC1OCCO1. The van der Waals surface area contributed by atoms with E-state index in [2.05, 4.69) is 0 Å². The summed E-state index contributed by atoms with van der Waals surface area (Å²) >= 11 is 0. The molecule has 5 nitrogen and oxygen atoms in total. The van der Waals surface area contributed by atoms with Gasteiger partial charge in [0, 0.05) is 7.11 Å². The Balaban J connectivity index is 1.78. The zero-order chi connectivity index (χ0) is 9.36. The molecule has 0 bridgehead atoms. The van der Waals surface area contributed by atoms with E-state index < -0.39 is 6.48 Å². The van der Waals surface area contributed by atoms with Crippen LogP contribution in [0.2, 0.25) is 0 Å². The molecule has 0 amide bonds. The molecule has 0 saturated carbocycles. The van der Waals surface area contributed by atoms with Crippen LogP contribution in [0.4, 0.5) is 0 Å². The molecule has 1 fully saturated rings. The maximum absolute atomic E-state index is 5.17. The van der Waals surface area contributed by atoms with Gasteiger partial charge < -0.3 is 23.7 Å². The van der Waals surface area contributed by atoms with Gasteiger partial charge in [-0.25, -0.2) is 0 Å². The largest absolute Gasteiger partial charge is 0.382 e. The maximum Gasteiger partial charge on any atom is 0.271 e. The van der Waals surface area contributed by atoms with E-state index in [9.17, 15) is 0 Å². The number of ether oxygens (including phenoxy) is 5. The first kappa shape index (κ1) is 10.9. The van der Waals surface area contributed by atoms with E-state index in [1.165, 1.54) is 0 Å². The van der Waals surface area contributed by atoms with E-state index in [1.54, 1.807) is 7.11 Å². The minimum absolute atomic E-state index is 0.481. The van der Waals surface area contributed by atoms with Crippen molar-refractivity contribution in [3.63, 3.8) is 0 Å². The summed E-state index contributed by atoms with van der Waals surface area (Å²) in [7, 11) is 1.64. The maximum atomic E-state index is 5.17. The smallest absolute Gasteiger partial charge is 0.271 e. The quantitative estimate of drug-likeness (QED) is 0.531. The second-order valence-electron chi connectivity index (χ2n) is 2.51. The molecule has 0 radical (unpaired) electrons. The fourth-order valence-electron chi connectivity index (χ4n) is 0.881. The van der Waals surface area contributed by atoms with Gasteiger partial charge >= 0.3 is 0 Å². The molecular formula is C8H16O5. The van der Waals surface area contributed by atoms with Gasteiger partial charge in [0.2, 0.25) is 0 Å². The van der Waals surface area contributed by atoms with Crippen molar-refractivity contribution in [2.45, 2.75) is 6.48 Å². The van der Waals surface area contributed by atoms with Gasteiger partial charge in [-0.1, -0.05) is 0 Å². The van der Waals surface area contributed by atoms with Gasteiger partial charge in [-0.2, -0.15) is 0 Å². The van der Waals surface area contributed by atoms with E-state index >= 15 is 0 Å². The lowest BCUT2D eigenvalue weighted by atomic mass is 10.7. The molecule has 0 atom stereocenters. The summed E-state index contributed by atoms with van der Waals surface area (Å²) in [6, 6.07) is 0. The van der Waals surface area contributed by atoms with Gasteiger partial charge in [-0.15, -0.1) is 0 Å². The van der Waals surface area contributed by atoms with Gasteiger partial charge in [0.25, 0.3) is 6.48 Å². The molecule has 1 saturated heterocycles. The first-order chi connectivity index (χ1) is 6.43. The van der Waals surface area contributed by atoms with Crippen LogP contribution in [0, 0.1) is 0 Å². The van der Waals surface area contributed by atoms with Crippen LogP contribution in [0.15, 0.2) is 0 Å². The van der Waals surface area contributed by atoms with Crippen LogP contribution >= 0.6 is 0 Å². The van der Waals surface area contributed by atoms with E-state index in [-0.39, 0.29) is 0 Å². The molecular weight excluding hydrogens is 176 g/mol. The van der Waals surface area contributed by atoms with E-state index in [4.69, 9.17) is 23.7 Å². The van der Waals surface area contributed by atoms with Crippen molar-refractivity contribution in [1.82, 2.24) is 0 Å². The summed E-state index contributed by atoms with van der Waals surface area (Å²) in [5.74, 6) is 0.